The third-order valence-electron chi connectivity index (χ3n) is 1.75. The average molecular weight is 215 g/mol. The monoisotopic (exact) mass is 214 g/mol. The number of alkyl halides is 1. The van der Waals surface area contributed by atoms with E-state index in [1.54, 1.807) is 6.07 Å². The van der Waals surface area contributed by atoms with E-state index in [9.17, 15) is 4.79 Å². The highest BCUT2D eigenvalue weighted by Gasteiger charge is 2.03. The molecule has 1 aromatic carbocycles. The zero-order chi connectivity index (χ0) is 10.6. The van der Waals surface area contributed by atoms with Crippen LogP contribution in [0.15, 0.2) is 29.1 Å². The van der Waals surface area contributed by atoms with Gasteiger partial charge >= 0.3 is 5.56 Å². The predicted octanol–water partition coefficient (Wildman–Crippen LogP) is 1.24. The molecule has 1 N–H and O–H groups in total. The third-order valence-corrected chi connectivity index (χ3v) is 1.75. The molecule has 0 saturated heterocycles. The maximum atomic E-state index is 11.4. The molecule has 4 nitrogen and oxygen atoms in total. The molecule has 0 atom stereocenters. The van der Waals surface area contributed by atoms with Crippen molar-refractivity contribution in [1.29, 1.82) is 0 Å². The standard InChI is InChI=1S/C8H8N2O2.CH3Cl/c1-12-10-8(11)6-4-2-3-5-7(6)9-10;1-2/h2-5,9H,1H3;1H3. The second-order valence-electron chi connectivity index (χ2n) is 2.44. The van der Waals surface area contributed by atoms with E-state index in [-0.39, 0.29) is 5.56 Å². The summed E-state index contributed by atoms with van der Waals surface area (Å²) >= 11 is 4.64. The molecule has 0 radical (unpaired) electrons. The number of rotatable bonds is 1. The maximum Gasteiger partial charge on any atom is 0.310 e. The van der Waals surface area contributed by atoms with E-state index in [1.807, 2.05) is 18.2 Å². The van der Waals surface area contributed by atoms with Gasteiger partial charge in [0, 0.05) is 6.38 Å². The zero-order valence-electron chi connectivity index (χ0n) is 7.95. The lowest BCUT2D eigenvalue weighted by Gasteiger charge is -1.93. The number of hydrogen-bond acceptors (Lipinski definition) is 2. The highest BCUT2D eigenvalue weighted by Crippen LogP contribution is 2.04. The van der Waals surface area contributed by atoms with E-state index in [4.69, 9.17) is 4.84 Å². The summed E-state index contributed by atoms with van der Waals surface area (Å²) in [4.78, 5) is 17.2. The van der Waals surface area contributed by atoms with Gasteiger partial charge in [-0.15, -0.1) is 11.6 Å². The second-order valence-corrected chi connectivity index (χ2v) is 2.44. The molecule has 0 bridgehead atoms. The van der Waals surface area contributed by atoms with E-state index >= 15 is 0 Å². The van der Waals surface area contributed by atoms with Crippen LogP contribution < -0.4 is 10.4 Å². The number of aromatic amines is 1. The van der Waals surface area contributed by atoms with Crippen LogP contribution in [-0.4, -0.2) is 23.4 Å². The number of nitrogens with zero attached hydrogens (tertiary/aromatic N) is 1. The Morgan fingerprint density at radius 2 is 2.00 bits per heavy atom. The molecule has 2 rings (SSSR count). The first-order valence-corrected chi connectivity index (χ1v) is 4.70. The Hall–Kier alpha value is -1.42. The molecular weight excluding hydrogens is 204 g/mol. The van der Waals surface area contributed by atoms with Crippen molar-refractivity contribution in [2.24, 2.45) is 0 Å². The minimum absolute atomic E-state index is 0.159. The van der Waals surface area contributed by atoms with Gasteiger partial charge in [-0.1, -0.05) is 17.0 Å². The highest BCUT2D eigenvalue weighted by atomic mass is 35.5. The summed E-state index contributed by atoms with van der Waals surface area (Å²) in [5.74, 6) is 0. The molecule has 14 heavy (non-hydrogen) atoms. The number of hydrogen-bond donors (Lipinski definition) is 1. The van der Waals surface area contributed by atoms with Gasteiger partial charge in [-0.3, -0.25) is 9.89 Å². The van der Waals surface area contributed by atoms with E-state index in [2.05, 4.69) is 16.7 Å². The fourth-order valence-corrected chi connectivity index (χ4v) is 1.17. The van der Waals surface area contributed by atoms with Crippen molar-refractivity contribution in [3.8, 4) is 0 Å². The number of H-pyrrole nitrogens is 1. The summed E-state index contributed by atoms with van der Waals surface area (Å²) in [6.07, 6.45) is 1.47. The molecule has 0 saturated carbocycles. The van der Waals surface area contributed by atoms with E-state index in [0.717, 1.165) is 10.4 Å². The van der Waals surface area contributed by atoms with Gasteiger partial charge in [0.15, 0.2) is 0 Å². The van der Waals surface area contributed by atoms with Gasteiger partial charge in [0.2, 0.25) is 0 Å². The van der Waals surface area contributed by atoms with E-state index in [1.165, 1.54) is 13.5 Å². The first kappa shape index (κ1) is 10.7. The Bertz CT molecular complexity index is 461. The number of benzene rings is 1. The van der Waals surface area contributed by atoms with Crippen LogP contribution in [0.4, 0.5) is 0 Å². The summed E-state index contributed by atoms with van der Waals surface area (Å²) < 4.78 is 0. The number of para-hydroxylation sites is 1. The van der Waals surface area contributed by atoms with Gasteiger partial charge in [-0.05, 0) is 12.1 Å². The predicted molar refractivity (Wildman–Crippen MR) is 56.8 cm³/mol. The molecule has 1 aromatic heterocycles. The molecule has 76 valence electrons. The molecule has 0 spiro atoms. The molecule has 2 aromatic rings. The van der Waals surface area contributed by atoms with Gasteiger partial charge in [-0.25, -0.2) is 0 Å². The molecule has 0 fully saturated rings. The summed E-state index contributed by atoms with van der Waals surface area (Å²) in [6.45, 7) is 0. The van der Waals surface area contributed by atoms with Crippen LogP contribution in [-0.2, 0) is 0 Å². The largest absolute Gasteiger partial charge is 0.398 e. The quantitative estimate of drug-likeness (QED) is 0.727. The van der Waals surface area contributed by atoms with Crippen LogP contribution in [0.25, 0.3) is 10.9 Å². The van der Waals surface area contributed by atoms with Gasteiger partial charge in [0.1, 0.15) is 7.11 Å². The zero-order valence-corrected chi connectivity index (χ0v) is 8.71. The Morgan fingerprint density at radius 3 is 2.57 bits per heavy atom. The van der Waals surface area contributed by atoms with Crippen LogP contribution in [0.1, 0.15) is 0 Å². The van der Waals surface area contributed by atoms with Crippen molar-refractivity contribution < 1.29 is 4.84 Å². The average Bonchev–Trinajstić information content (AvgIpc) is 2.59. The number of fused-ring (bicyclic) bond motifs is 1. The number of aromatic nitrogens is 2. The molecule has 5 heteroatoms. The second kappa shape index (κ2) is 4.72. The number of nitrogens with one attached hydrogen (secondary N) is 1. The van der Waals surface area contributed by atoms with Crippen LogP contribution >= 0.6 is 11.6 Å². The molecule has 0 aliphatic carbocycles. The van der Waals surface area contributed by atoms with Crippen molar-refractivity contribution in [2.45, 2.75) is 0 Å². The molecule has 0 unspecified atom stereocenters. The van der Waals surface area contributed by atoms with Crippen LogP contribution in [0.2, 0.25) is 0 Å². The topological polar surface area (TPSA) is 47.0 Å². The lowest BCUT2D eigenvalue weighted by Crippen LogP contribution is -2.21. The lowest BCUT2D eigenvalue weighted by atomic mass is 10.3. The summed E-state index contributed by atoms with van der Waals surface area (Å²) in [5, 5.41) is 3.43. The van der Waals surface area contributed by atoms with E-state index < -0.39 is 0 Å². The highest BCUT2D eigenvalue weighted by molar-refractivity contribution is 6.15. The molecule has 0 amide bonds. The van der Waals surface area contributed by atoms with Crippen LogP contribution in [0.3, 0.4) is 0 Å². The fourth-order valence-electron chi connectivity index (χ4n) is 1.17. The van der Waals surface area contributed by atoms with Gasteiger partial charge in [-0.2, -0.15) is 0 Å². The first-order valence-electron chi connectivity index (χ1n) is 3.95. The Balaban J connectivity index is 0.000000461. The Morgan fingerprint density at radius 1 is 1.36 bits per heavy atom. The molecule has 1 heterocycles. The maximum absolute atomic E-state index is 11.4. The SMILES string of the molecule is CCl.COn1[nH]c2ccccc2c1=O. The van der Waals surface area contributed by atoms with Gasteiger partial charge in [0.25, 0.3) is 0 Å². The van der Waals surface area contributed by atoms with Crippen molar-refractivity contribution in [2.75, 3.05) is 13.5 Å². The van der Waals surface area contributed by atoms with Crippen molar-refractivity contribution >= 4 is 22.5 Å². The summed E-state index contributed by atoms with van der Waals surface area (Å²) in [5.41, 5.74) is 0.623. The van der Waals surface area contributed by atoms with Crippen molar-refractivity contribution in [3.63, 3.8) is 0 Å². The molecular formula is C9H11ClN2O2. The number of halogens is 1. The minimum atomic E-state index is -0.159. The first-order chi connectivity index (χ1) is 6.83. The van der Waals surface area contributed by atoms with Crippen LogP contribution in [0.5, 0.6) is 0 Å². The smallest absolute Gasteiger partial charge is 0.310 e. The Kier molecular flexibility index (Phi) is 3.59. The Labute approximate surface area is 86.0 Å². The molecule has 0 aliphatic rings. The fraction of sp³-hybridized carbons (Fsp3) is 0.222. The van der Waals surface area contributed by atoms with Gasteiger partial charge < -0.3 is 4.84 Å². The lowest BCUT2D eigenvalue weighted by molar-refractivity contribution is 0.128. The molecule has 0 aliphatic heterocycles. The van der Waals surface area contributed by atoms with Crippen LogP contribution in [0, 0.1) is 0 Å². The normalized spacial score (nSPS) is 9.36. The van der Waals surface area contributed by atoms with Crippen molar-refractivity contribution in [3.05, 3.63) is 34.6 Å². The van der Waals surface area contributed by atoms with Crippen molar-refractivity contribution in [1.82, 2.24) is 9.94 Å². The third kappa shape index (κ3) is 1.75. The van der Waals surface area contributed by atoms with E-state index in [0.29, 0.717) is 5.39 Å². The summed E-state index contributed by atoms with van der Waals surface area (Å²) in [6, 6.07) is 7.26. The minimum Gasteiger partial charge on any atom is -0.398 e. The summed E-state index contributed by atoms with van der Waals surface area (Å²) in [7, 11) is 1.44. The van der Waals surface area contributed by atoms with Gasteiger partial charge in [0.05, 0.1) is 10.9 Å².